The number of hydrogen-bond acceptors (Lipinski definition) is 8. The maximum atomic E-state index is 12.4. The zero-order valence-corrected chi connectivity index (χ0v) is 15.5. The van der Waals surface area contributed by atoms with Crippen LogP contribution in [0, 0.1) is 10.1 Å². The normalized spacial score (nSPS) is 10.6. The van der Waals surface area contributed by atoms with Crippen molar-refractivity contribution in [1.29, 1.82) is 0 Å². The van der Waals surface area contributed by atoms with Crippen molar-refractivity contribution in [3.05, 3.63) is 70.3 Å². The van der Waals surface area contributed by atoms with Gasteiger partial charge in [-0.05, 0) is 12.1 Å². The van der Waals surface area contributed by atoms with E-state index in [1.54, 1.807) is 30.3 Å². The summed E-state index contributed by atoms with van der Waals surface area (Å²) in [7, 11) is 2.30. The average Bonchev–Trinajstić information content (AvgIpc) is 3.18. The monoisotopic (exact) mass is 396 g/mol. The number of methoxy groups -OCH3 is 2. The van der Waals surface area contributed by atoms with Gasteiger partial charge in [-0.2, -0.15) is 0 Å². The van der Waals surface area contributed by atoms with E-state index in [9.17, 15) is 19.7 Å². The smallest absolute Gasteiger partial charge is 0.324 e. The number of carbonyl (C=O) groups is 2. The second-order valence-corrected chi connectivity index (χ2v) is 5.92. The fourth-order valence-corrected chi connectivity index (χ4v) is 2.88. The van der Waals surface area contributed by atoms with E-state index in [1.807, 2.05) is 0 Å². The summed E-state index contributed by atoms with van der Waals surface area (Å²) in [5, 5.41) is 14.9. The van der Waals surface area contributed by atoms with Gasteiger partial charge in [-0.25, -0.2) is 0 Å². The highest BCUT2D eigenvalue weighted by molar-refractivity contribution is 6.03. The molecule has 0 aliphatic heterocycles. The molecule has 0 N–H and O–H groups in total. The van der Waals surface area contributed by atoms with Crippen LogP contribution in [0.4, 0.5) is 5.69 Å². The van der Waals surface area contributed by atoms with Gasteiger partial charge in [-0.15, -0.1) is 0 Å². The highest BCUT2D eigenvalue weighted by Crippen LogP contribution is 2.38. The van der Waals surface area contributed by atoms with E-state index in [1.165, 1.54) is 24.3 Å². The molecule has 148 valence electrons. The van der Waals surface area contributed by atoms with Crippen molar-refractivity contribution >= 4 is 17.6 Å². The van der Waals surface area contributed by atoms with Crippen molar-refractivity contribution in [2.45, 2.75) is 5.92 Å². The summed E-state index contributed by atoms with van der Waals surface area (Å²) in [6, 6.07) is 14.3. The molecule has 0 amide bonds. The first kappa shape index (κ1) is 19.7. The van der Waals surface area contributed by atoms with E-state index >= 15 is 0 Å². The molecule has 0 unspecified atom stereocenters. The molecule has 0 saturated heterocycles. The predicted octanol–water partition coefficient (Wildman–Crippen LogP) is 3.35. The molecule has 0 fully saturated rings. The van der Waals surface area contributed by atoms with Crippen LogP contribution >= 0.6 is 0 Å². The lowest BCUT2D eigenvalue weighted by Gasteiger charge is -2.14. The Labute approximate surface area is 165 Å². The predicted molar refractivity (Wildman–Crippen MR) is 101 cm³/mol. The highest BCUT2D eigenvalue weighted by Gasteiger charge is 2.38. The molecule has 1 heterocycles. The van der Waals surface area contributed by atoms with E-state index in [-0.39, 0.29) is 22.7 Å². The largest absolute Gasteiger partial charge is 0.468 e. The second-order valence-electron chi connectivity index (χ2n) is 5.92. The molecule has 29 heavy (non-hydrogen) atoms. The van der Waals surface area contributed by atoms with Crippen molar-refractivity contribution in [2.24, 2.45) is 0 Å². The van der Waals surface area contributed by atoms with Gasteiger partial charge in [0.05, 0.1) is 24.7 Å². The summed E-state index contributed by atoms with van der Waals surface area (Å²) in [5.41, 5.74) is 1.23. The maximum absolute atomic E-state index is 12.4. The molecule has 0 spiro atoms. The first-order chi connectivity index (χ1) is 14.0. The van der Waals surface area contributed by atoms with Gasteiger partial charge in [-0.1, -0.05) is 35.5 Å². The van der Waals surface area contributed by atoms with E-state index < -0.39 is 22.8 Å². The number of rotatable bonds is 6. The van der Waals surface area contributed by atoms with Gasteiger partial charge in [0.2, 0.25) is 0 Å². The van der Waals surface area contributed by atoms with Crippen LogP contribution in [0.25, 0.3) is 22.6 Å². The third-order valence-electron chi connectivity index (χ3n) is 4.28. The minimum absolute atomic E-state index is 0.112. The van der Waals surface area contributed by atoms with Gasteiger partial charge < -0.3 is 14.0 Å². The Morgan fingerprint density at radius 1 is 0.966 bits per heavy atom. The van der Waals surface area contributed by atoms with Crippen molar-refractivity contribution < 1.29 is 28.5 Å². The molecule has 3 rings (SSSR count). The number of benzene rings is 2. The summed E-state index contributed by atoms with van der Waals surface area (Å²) in [6.45, 7) is 0. The first-order valence-corrected chi connectivity index (χ1v) is 8.43. The van der Waals surface area contributed by atoms with Gasteiger partial charge in [0.25, 0.3) is 5.69 Å². The fourth-order valence-electron chi connectivity index (χ4n) is 2.88. The van der Waals surface area contributed by atoms with Gasteiger partial charge in [0.1, 0.15) is 5.69 Å². The average molecular weight is 396 g/mol. The minimum atomic E-state index is -1.45. The quantitative estimate of drug-likeness (QED) is 0.269. The van der Waals surface area contributed by atoms with Crippen LogP contribution in [0.3, 0.4) is 0 Å². The summed E-state index contributed by atoms with van der Waals surface area (Å²) in [5.74, 6) is -2.95. The van der Waals surface area contributed by atoms with Gasteiger partial charge in [0.15, 0.2) is 11.7 Å². The molecule has 9 heteroatoms. The molecule has 0 saturated carbocycles. The number of esters is 2. The molecule has 1 aromatic heterocycles. The number of ether oxygens (including phenoxy) is 2. The SMILES string of the molecule is COC(=O)C(C(=O)OC)c1c(-c2ccc([N+](=O)[O-])cc2)noc1-c1ccccc1. The second kappa shape index (κ2) is 8.34. The van der Waals surface area contributed by atoms with Gasteiger partial charge in [0, 0.05) is 23.3 Å². The first-order valence-electron chi connectivity index (χ1n) is 8.43. The molecule has 2 aromatic carbocycles. The molecule has 0 radical (unpaired) electrons. The van der Waals surface area contributed by atoms with Gasteiger partial charge in [-0.3, -0.25) is 19.7 Å². The molecule has 0 aliphatic carbocycles. The molecule has 0 bridgehead atoms. The van der Waals surface area contributed by atoms with Crippen LogP contribution in [0.5, 0.6) is 0 Å². The zero-order chi connectivity index (χ0) is 21.0. The van der Waals surface area contributed by atoms with Gasteiger partial charge >= 0.3 is 11.9 Å². The molecule has 3 aromatic rings. The van der Waals surface area contributed by atoms with Crippen LogP contribution < -0.4 is 0 Å². The van der Waals surface area contributed by atoms with Crippen LogP contribution in [-0.4, -0.2) is 36.2 Å². The standard InChI is InChI=1S/C20H16N2O7/c1-27-19(23)16(20(24)28-2)15-17(12-8-10-14(11-9-12)22(25)26)21-29-18(15)13-6-4-3-5-7-13/h3-11,16H,1-2H3. The van der Waals surface area contributed by atoms with Crippen LogP contribution in [0.2, 0.25) is 0 Å². The summed E-state index contributed by atoms with van der Waals surface area (Å²) in [6.07, 6.45) is 0. The van der Waals surface area contributed by atoms with Crippen molar-refractivity contribution in [3.63, 3.8) is 0 Å². The zero-order valence-electron chi connectivity index (χ0n) is 15.5. The third kappa shape index (κ3) is 3.84. The molecular weight excluding hydrogens is 380 g/mol. The number of nitro groups is 1. The topological polar surface area (TPSA) is 122 Å². The van der Waals surface area contributed by atoms with Crippen LogP contribution in [0.1, 0.15) is 11.5 Å². The van der Waals surface area contributed by atoms with E-state index in [4.69, 9.17) is 14.0 Å². The number of nitrogens with zero attached hydrogens (tertiary/aromatic N) is 2. The Kier molecular flexibility index (Phi) is 5.68. The summed E-state index contributed by atoms with van der Waals surface area (Å²) >= 11 is 0. The number of hydrogen-bond donors (Lipinski definition) is 0. The Bertz CT molecular complexity index is 1030. The van der Waals surface area contributed by atoms with E-state index in [0.29, 0.717) is 11.1 Å². The Balaban J connectivity index is 2.24. The molecular formula is C20H16N2O7. The summed E-state index contributed by atoms with van der Waals surface area (Å²) < 4.78 is 15.1. The highest BCUT2D eigenvalue weighted by atomic mass is 16.6. The summed E-state index contributed by atoms with van der Waals surface area (Å²) in [4.78, 5) is 35.3. The third-order valence-corrected chi connectivity index (χ3v) is 4.28. The Morgan fingerprint density at radius 2 is 1.55 bits per heavy atom. The van der Waals surface area contributed by atoms with Crippen molar-refractivity contribution in [3.8, 4) is 22.6 Å². The Hall–Kier alpha value is -4.01. The number of carbonyl (C=O) groups excluding carboxylic acids is 2. The lowest BCUT2D eigenvalue weighted by molar-refractivity contribution is -0.384. The van der Waals surface area contributed by atoms with Crippen LogP contribution in [-0.2, 0) is 19.1 Å². The van der Waals surface area contributed by atoms with Crippen molar-refractivity contribution in [1.82, 2.24) is 5.16 Å². The van der Waals surface area contributed by atoms with Crippen LogP contribution in [0.15, 0.2) is 59.1 Å². The Morgan fingerprint density at radius 3 is 2.07 bits per heavy atom. The van der Waals surface area contributed by atoms with E-state index in [2.05, 4.69) is 5.16 Å². The number of nitro benzene ring substituents is 1. The lowest BCUT2D eigenvalue weighted by Crippen LogP contribution is -2.25. The molecule has 0 atom stereocenters. The minimum Gasteiger partial charge on any atom is -0.468 e. The fraction of sp³-hybridized carbons (Fsp3) is 0.150. The maximum Gasteiger partial charge on any atom is 0.324 e. The van der Waals surface area contributed by atoms with Crippen molar-refractivity contribution in [2.75, 3.05) is 14.2 Å². The lowest BCUT2D eigenvalue weighted by atomic mass is 9.91. The number of non-ortho nitro benzene ring substituents is 1. The molecule has 9 nitrogen and oxygen atoms in total. The van der Waals surface area contributed by atoms with E-state index in [0.717, 1.165) is 14.2 Å². The molecule has 0 aliphatic rings. The number of aromatic nitrogens is 1.